The highest BCUT2D eigenvalue weighted by molar-refractivity contribution is 5.97. The van der Waals surface area contributed by atoms with E-state index >= 15 is 0 Å². The van der Waals surface area contributed by atoms with Crippen molar-refractivity contribution in [3.05, 3.63) is 59.7 Å². The topological polar surface area (TPSA) is 122 Å². The minimum Gasteiger partial charge on any atom is -0.391 e. The molecule has 2 atom stereocenters. The molecule has 2 rings (SSSR count). The molecule has 0 saturated carbocycles. The SMILES string of the molecule is C[C@@H](O)[C@H](NC(=O)c1ccc(-c2cccc(C#N)c2)cc1)C(=O)NO. The first kappa shape index (κ1) is 18.1. The molecule has 0 aliphatic heterocycles. The zero-order valence-electron chi connectivity index (χ0n) is 13.4. The highest BCUT2D eigenvalue weighted by Crippen LogP contribution is 2.21. The van der Waals surface area contributed by atoms with Crippen LogP contribution in [0.5, 0.6) is 0 Å². The molecule has 7 heteroatoms. The molecule has 0 radical (unpaired) electrons. The van der Waals surface area contributed by atoms with E-state index in [0.717, 1.165) is 11.1 Å². The minimum atomic E-state index is -1.27. The van der Waals surface area contributed by atoms with Crippen molar-refractivity contribution >= 4 is 11.8 Å². The molecule has 128 valence electrons. The summed E-state index contributed by atoms with van der Waals surface area (Å²) in [6.45, 7) is 1.32. The number of benzene rings is 2. The number of hydrogen-bond acceptors (Lipinski definition) is 5. The van der Waals surface area contributed by atoms with Gasteiger partial charge < -0.3 is 10.4 Å². The van der Waals surface area contributed by atoms with E-state index in [2.05, 4.69) is 11.4 Å². The quantitative estimate of drug-likeness (QED) is 0.482. The summed E-state index contributed by atoms with van der Waals surface area (Å²) in [7, 11) is 0. The van der Waals surface area contributed by atoms with Gasteiger partial charge in [-0.05, 0) is 42.3 Å². The molecule has 7 nitrogen and oxygen atoms in total. The summed E-state index contributed by atoms with van der Waals surface area (Å²) in [5, 5.41) is 29.5. The predicted octanol–water partition coefficient (Wildman–Crippen LogP) is 1.21. The number of nitrogens with one attached hydrogen (secondary N) is 2. The first-order chi connectivity index (χ1) is 12.0. The van der Waals surface area contributed by atoms with E-state index < -0.39 is 24.0 Å². The van der Waals surface area contributed by atoms with Gasteiger partial charge in [0, 0.05) is 5.56 Å². The van der Waals surface area contributed by atoms with Crippen LogP contribution in [0.4, 0.5) is 0 Å². The van der Waals surface area contributed by atoms with Crippen LogP contribution in [0.3, 0.4) is 0 Å². The lowest BCUT2D eigenvalue weighted by atomic mass is 10.0. The Balaban J connectivity index is 2.17. The third-order valence-corrected chi connectivity index (χ3v) is 3.63. The lowest BCUT2D eigenvalue weighted by Gasteiger charge is -2.19. The molecule has 0 aromatic heterocycles. The number of nitrogens with zero attached hydrogens (tertiary/aromatic N) is 1. The van der Waals surface area contributed by atoms with Gasteiger partial charge in [0.05, 0.1) is 17.7 Å². The molecule has 0 spiro atoms. The van der Waals surface area contributed by atoms with Crippen LogP contribution in [0.2, 0.25) is 0 Å². The van der Waals surface area contributed by atoms with Gasteiger partial charge in [0.15, 0.2) is 0 Å². The summed E-state index contributed by atoms with van der Waals surface area (Å²) in [4.78, 5) is 23.7. The van der Waals surface area contributed by atoms with Crippen LogP contribution in [-0.4, -0.2) is 34.3 Å². The van der Waals surface area contributed by atoms with Crippen molar-refractivity contribution in [2.24, 2.45) is 0 Å². The number of amides is 2. The van der Waals surface area contributed by atoms with E-state index in [1.54, 1.807) is 42.5 Å². The van der Waals surface area contributed by atoms with Crippen LogP contribution in [0.15, 0.2) is 48.5 Å². The largest absolute Gasteiger partial charge is 0.391 e. The second-order valence-corrected chi connectivity index (χ2v) is 5.44. The van der Waals surface area contributed by atoms with Crippen LogP contribution in [0.1, 0.15) is 22.8 Å². The maximum Gasteiger partial charge on any atom is 0.268 e. The Kier molecular flexibility index (Phi) is 5.84. The summed E-state index contributed by atoms with van der Waals surface area (Å²) in [6.07, 6.45) is -1.18. The van der Waals surface area contributed by atoms with Gasteiger partial charge in [0.2, 0.25) is 0 Å². The number of aliphatic hydroxyl groups excluding tert-OH is 1. The number of hydroxylamine groups is 1. The van der Waals surface area contributed by atoms with Gasteiger partial charge in [-0.1, -0.05) is 24.3 Å². The molecule has 0 bridgehead atoms. The fraction of sp³-hybridized carbons (Fsp3) is 0.167. The average molecular weight is 339 g/mol. The van der Waals surface area contributed by atoms with E-state index in [1.807, 2.05) is 6.07 Å². The van der Waals surface area contributed by atoms with Crippen LogP contribution >= 0.6 is 0 Å². The van der Waals surface area contributed by atoms with Gasteiger partial charge in [-0.15, -0.1) is 0 Å². The maximum atomic E-state index is 12.2. The van der Waals surface area contributed by atoms with Gasteiger partial charge in [-0.25, -0.2) is 5.48 Å². The molecule has 4 N–H and O–H groups in total. The zero-order chi connectivity index (χ0) is 18.4. The number of carbonyl (C=O) groups is 2. The fourth-order valence-electron chi connectivity index (χ4n) is 2.28. The van der Waals surface area contributed by atoms with Gasteiger partial charge in [-0.2, -0.15) is 5.26 Å². The molecular formula is C18H17N3O4. The van der Waals surface area contributed by atoms with Crippen LogP contribution in [0.25, 0.3) is 11.1 Å². The monoisotopic (exact) mass is 339 g/mol. The molecule has 0 aliphatic rings. The maximum absolute atomic E-state index is 12.2. The molecular weight excluding hydrogens is 322 g/mol. The molecule has 0 fully saturated rings. The number of aliphatic hydroxyl groups is 1. The van der Waals surface area contributed by atoms with Gasteiger partial charge >= 0.3 is 0 Å². The second kappa shape index (κ2) is 8.06. The highest BCUT2D eigenvalue weighted by Gasteiger charge is 2.25. The molecule has 0 aliphatic carbocycles. The standard InChI is InChI=1S/C18H17N3O4/c1-11(22)16(18(24)21-25)20-17(23)14-7-5-13(6-8-14)15-4-2-3-12(9-15)10-19/h2-9,11,16,22,25H,1H3,(H,20,23)(H,21,24)/t11-,16+/m1/s1. The third kappa shape index (κ3) is 4.41. The fourth-order valence-corrected chi connectivity index (χ4v) is 2.28. The molecule has 0 saturated heterocycles. The second-order valence-electron chi connectivity index (χ2n) is 5.44. The lowest BCUT2D eigenvalue weighted by molar-refractivity contribution is -0.133. The van der Waals surface area contributed by atoms with E-state index in [9.17, 15) is 14.7 Å². The van der Waals surface area contributed by atoms with Crippen molar-refractivity contribution in [1.29, 1.82) is 5.26 Å². The third-order valence-electron chi connectivity index (χ3n) is 3.63. The Bertz CT molecular complexity index is 810. The zero-order valence-corrected chi connectivity index (χ0v) is 13.4. The van der Waals surface area contributed by atoms with Crippen molar-refractivity contribution < 1.29 is 19.9 Å². The first-order valence-electron chi connectivity index (χ1n) is 7.49. The Morgan fingerprint density at radius 2 is 1.80 bits per heavy atom. The summed E-state index contributed by atoms with van der Waals surface area (Å²) in [5.41, 5.74) is 3.90. The van der Waals surface area contributed by atoms with Crippen molar-refractivity contribution in [2.45, 2.75) is 19.1 Å². The van der Waals surface area contributed by atoms with Crippen molar-refractivity contribution in [1.82, 2.24) is 10.8 Å². The van der Waals surface area contributed by atoms with Crippen molar-refractivity contribution in [2.75, 3.05) is 0 Å². The number of rotatable bonds is 5. The van der Waals surface area contributed by atoms with Gasteiger partial charge in [0.1, 0.15) is 6.04 Å². The van der Waals surface area contributed by atoms with Crippen LogP contribution < -0.4 is 10.8 Å². The molecule has 2 amide bonds. The Hall–Kier alpha value is -3.21. The molecule has 0 unspecified atom stereocenters. The molecule has 0 heterocycles. The first-order valence-corrected chi connectivity index (χ1v) is 7.49. The summed E-state index contributed by atoms with van der Waals surface area (Å²) in [6, 6.07) is 14.4. The summed E-state index contributed by atoms with van der Waals surface area (Å²) >= 11 is 0. The van der Waals surface area contributed by atoms with Gasteiger partial charge in [-0.3, -0.25) is 14.8 Å². The number of nitriles is 1. The Morgan fingerprint density at radius 3 is 2.36 bits per heavy atom. The number of carbonyl (C=O) groups excluding carboxylic acids is 2. The smallest absolute Gasteiger partial charge is 0.268 e. The van der Waals surface area contributed by atoms with E-state index in [4.69, 9.17) is 10.5 Å². The van der Waals surface area contributed by atoms with Crippen LogP contribution in [-0.2, 0) is 4.79 Å². The van der Waals surface area contributed by atoms with E-state index in [0.29, 0.717) is 5.56 Å². The highest BCUT2D eigenvalue weighted by atomic mass is 16.5. The van der Waals surface area contributed by atoms with E-state index in [-0.39, 0.29) is 5.56 Å². The molecule has 25 heavy (non-hydrogen) atoms. The normalized spacial score (nSPS) is 12.6. The number of hydrogen-bond donors (Lipinski definition) is 4. The van der Waals surface area contributed by atoms with Crippen molar-refractivity contribution in [3.8, 4) is 17.2 Å². The van der Waals surface area contributed by atoms with Crippen LogP contribution in [0, 0.1) is 11.3 Å². The van der Waals surface area contributed by atoms with Gasteiger partial charge in [0.25, 0.3) is 11.8 Å². The Morgan fingerprint density at radius 1 is 1.12 bits per heavy atom. The summed E-state index contributed by atoms with van der Waals surface area (Å²) in [5.74, 6) is -1.47. The summed E-state index contributed by atoms with van der Waals surface area (Å²) < 4.78 is 0. The molecule has 2 aromatic rings. The molecule has 2 aromatic carbocycles. The van der Waals surface area contributed by atoms with Crippen molar-refractivity contribution in [3.63, 3.8) is 0 Å². The minimum absolute atomic E-state index is 0.288. The predicted molar refractivity (Wildman–Crippen MR) is 89.5 cm³/mol. The van der Waals surface area contributed by atoms with E-state index in [1.165, 1.54) is 12.4 Å². The average Bonchev–Trinajstić information content (AvgIpc) is 2.65. The lowest BCUT2D eigenvalue weighted by Crippen LogP contribution is -2.51. The Labute approximate surface area is 144 Å².